The highest BCUT2D eigenvalue weighted by Gasteiger charge is 2.30. The zero-order chi connectivity index (χ0) is 12.3. The van der Waals surface area contributed by atoms with Gasteiger partial charge in [0.2, 0.25) is 5.89 Å². The average Bonchev–Trinajstić information content (AvgIpc) is 2.85. The van der Waals surface area contributed by atoms with Gasteiger partial charge in [0.15, 0.2) is 5.82 Å². The number of aliphatic hydroxyl groups is 2. The van der Waals surface area contributed by atoms with Gasteiger partial charge >= 0.3 is 0 Å². The standard InChI is InChI=1S/C11H19N3O3/c1-2-3-4-10-12-11(17-13-10)7-14-5-8(15)9(16)6-14/h8-9,15-16H,2-7H2,1H3. The molecule has 1 aliphatic heterocycles. The average molecular weight is 241 g/mol. The van der Waals surface area contributed by atoms with Crippen LogP contribution in [0.4, 0.5) is 0 Å². The zero-order valence-electron chi connectivity index (χ0n) is 10.0. The van der Waals surface area contributed by atoms with E-state index in [1.165, 1.54) is 0 Å². The SMILES string of the molecule is CCCCc1noc(CN2CC(O)C(O)C2)n1. The number of aryl methyl sites for hydroxylation is 1. The van der Waals surface area contributed by atoms with Crippen molar-refractivity contribution in [1.29, 1.82) is 0 Å². The van der Waals surface area contributed by atoms with Crippen LogP contribution in [0.3, 0.4) is 0 Å². The third kappa shape index (κ3) is 3.24. The molecule has 0 aromatic carbocycles. The van der Waals surface area contributed by atoms with Crippen LogP contribution in [0.5, 0.6) is 0 Å². The summed E-state index contributed by atoms with van der Waals surface area (Å²) in [6.45, 7) is 3.52. The Morgan fingerprint density at radius 2 is 2.06 bits per heavy atom. The lowest BCUT2D eigenvalue weighted by Crippen LogP contribution is -2.22. The van der Waals surface area contributed by atoms with E-state index in [2.05, 4.69) is 17.1 Å². The molecule has 0 radical (unpaired) electrons. The summed E-state index contributed by atoms with van der Waals surface area (Å²) >= 11 is 0. The van der Waals surface area contributed by atoms with Gasteiger partial charge in [0.1, 0.15) is 0 Å². The monoisotopic (exact) mass is 241 g/mol. The molecule has 1 aromatic rings. The third-order valence-electron chi connectivity index (χ3n) is 2.96. The lowest BCUT2D eigenvalue weighted by molar-refractivity contribution is 0.0572. The van der Waals surface area contributed by atoms with Crippen LogP contribution in [-0.2, 0) is 13.0 Å². The Kier molecular flexibility index (Phi) is 4.09. The van der Waals surface area contributed by atoms with Gasteiger partial charge in [0.25, 0.3) is 0 Å². The smallest absolute Gasteiger partial charge is 0.240 e. The summed E-state index contributed by atoms with van der Waals surface area (Å²) in [6, 6.07) is 0. The van der Waals surface area contributed by atoms with Gasteiger partial charge in [-0.1, -0.05) is 18.5 Å². The van der Waals surface area contributed by atoms with Crippen molar-refractivity contribution >= 4 is 0 Å². The number of likely N-dealkylation sites (tertiary alicyclic amines) is 1. The minimum Gasteiger partial charge on any atom is -0.389 e. The highest BCUT2D eigenvalue weighted by atomic mass is 16.5. The van der Waals surface area contributed by atoms with Gasteiger partial charge in [0, 0.05) is 19.5 Å². The molecule has 2 unspecified atom stereocenters. The minimum atomic E-state index is -0.669. The van der Waals surface area contributed by atoms with E-state index in [-0.39, 0.29) is 0 Å². The van der Waals surface area contributed by atoms with Crippen molar-refractivity contribution in [2.45, 2.75) is 44.9 Å². The summed E-state index contributed by atoms with van der Waals surface area (Å²) < 4.78 is 5.13. The maximum Gasteiger partial charge on any atom is 0.240 e. The van der Waals surface area contributed by atoms with Crippen LogP contribution >= 0.6 is 0 Å². The first-order valence-electron chi connectivity index (χ1n) is 6.09. The van der Waals surface area contributed by atoms with Crippen molar-refractivity contribution in [3.8, 4) is 0 Å². The van der Waals surface area contributed by atoms with E-state index in [0.717, 1.165) is 25.1 Å². The van der Waals surface area contributed by atoms with Crippen LogP contribution in [0.25, 0.3) is 0 Å². The highest BCUT2D eigenvalue weighted by Crippen LogP contribution is 2.13. The second-order valence-corrected chi connectivity index (χ2v) is 4.54. The molecule has 1 aromatic heterocycles. The van der Waals surface area contributed by atoms with Gasteiger partial charge in [0.05, 0.1) is 18.8 Å². The molecule has 6 nitrogen and oxygen atoms in total. The molecule has 2 atom stereocenters. The molecular formula is C11H19N3O3. The van der Waals surface area contributed by atoms with E-state index in [4.69, 9.17) is 4.52 Å². The summed E-state index contributed by atoms with van der Waals surface area (Å²) in [5.41, 5.74) is 0. The number of hydrogen-bond acceptors (Lipinski definition) is 6. The van der Waals surface area contributed by atoms with E-state index in [0.29, 0.717) is 25.5 Å². The van der Waals surface area contributed by atoms with E-state index in [9.17, 15) is 10.2 Å². The number of unbranched alkanes of at least 4 members (excludes halogenated alkanes) is 1. The molecule has 2 heterocycles. The van der Waals surface area contributed by atoms with Gasteiger partial charge < -0.3 is 14.7 Å². The largest absolute Gasteiger partial charge is 0.389 e. The second kappa shape index (κ2) is 5.57. The lowest BCUT2D eigenvalue weighted by Gasteiger charge is -2.10. The Bertz CT molecular complexity index is 345. The fourth-order valence-corrected chi connectivity index (χ4v) is 1.96. The van der Waals surface area contributed by atoms with Crippen LogP contribution in [0, 0.1) is 0 Å². The number of hydrogen-bond donors (Lipinski definition) is 2. The number of aromatic nitrogens is 2. The van der Waals surface area contributed by atoms with Crippen molar-refractivity contribution in [2.24, 2.45) is 0 Å². The first-order valence-corrected chi connectivity index (χ1v) is 6.09. The molecule has 2 N–H and O–H groups in total. The lowest BCUT2D eigenvalue weighted by atomic mass is 10.2. The molecule has 1 fully saturated rings. The Hall–Kier alpha value is -0.980. The van der Waals surface area contributed by atoms with Gasteiger partial charge in [-0.2, -0.15) is 4.98 Å². The zero-order valence-corrected chi connectivity index (χ0v) is 10.0. The fourth-order valence-electron chi connectivity index (χ4n) is 1.96. The van der Waals surface area contributed by atoms with Crippen molar-refractivity contribution in [3.63, 3.8) is 0 Å². The molecule has 1 aliphatic rings. The van der Waals surface area contributed by atoms with Gasteiger partial charge in [-0.05, 0) is 6.42 Å². The van der Waals surface area contributed by atoms with Crippen LogP contribution < -0.4 is 0 Å². The van der Waals surface area contributed by atoms with Gasteiger partial charge in [-0.15, -0.1) is 0 Å². The maximum atomic E-state index is 9.41. The maximum absolute atomic E-state index is 9.41. The molecule has 2 rings (SSSR count). The van der Waals surface area contributed by atoms with E-state index >= 15 is 0 Å². The van der Waals surface area contributed by atoms with Crippen LogP contribution in [0.15, 0.2) is 4.52 Å². The number of β-amino-alcohol motifs (C(OH)–C–C–N with tert-alkyl or cyclic N) is 2. The highest BCUT2D eigenvalue weighted by molar-refractivity contribution is 4.90. The minimum absolute atomic E-state index is 0.452. The van der Waals surface area contributed by atoms with E-state index in [1.54, 1.807) is 0 Å². The predicted molar refractivity (Wildman–Crippen MR) is 60.2 cm³/mol. The second-order valence-electron chi connectivity index (χ2n) is 4.54. The Labute approximate surface area is 100 Å². The molecule has 96 valence electrons. The van der Waals surface area contributed by atoms with E-state index in [1.807, 2.05) is 4.90 Å². The molecule has 0 aliphatic carbocycles. The number of nitrogens with zero attached hydrogens (tertiary/aromatic N) is 3. The Balaban J connectivity index is 1.85. The molecule has 0 spiro atoms. The molecule has 0 saturated carbocycles. The molecule has 6 heteroatoms. The summed E-state index contributed by atoms with van der Waals surface area (Å²) in [5.74, 6) is 1.29. The summed E-state index contributed by atoms with van der Waals surface area (Å²) in [7, 11) is 0. The van der Waals surface area contributed by atoms with E-state index < -0.39 is 12.2 Å². The van der Waals surface area contributed by atoms with Crippen LogP contribution in [0.2, 0.25) is 0 Å². The summed E-state index contributed by atoms with van der Waals surface area (Å²) in [6.07, 6.45) is 1.66. The van der Waals surface area contributed by atoms with Gasteiger partial charge in [-0.25, -0.2) is 0 Å². The van der Waals surface area contributed by atoms with Crippen molar-refractivity contribution in [2.75, 3.05) is 13.1 Å². The fraction of sp³-hybridized carbons (Fsp3) is 0.818. The van der Waals surface area contributed by atoms with Crippen molar-refractivity contribution in [3.05, 3.63) is 11.7 Å². The van der Waals surface area contributed by atoms with Crippen molar-refractivity contribution < 1.29 is 14.7 Å². The summed E-state index contributed by atoms with van der Waals surface area (Å²) in [5, 5.41) is 22.7. The predicted octanol–water partition coefficient (Wildman–Crippen LogP) is -0.0504. The number of aliphatic hydroxyl groups excluding tert-OH is 2. The summed E-state index contributed by atoms with van der Waals surface area (Å²) in [4.78, 5) is 6.19. The Morgan fingerprint density at radius 1 is 1.35 bits per heavy atom. The third-order valence-corrected chi connectivity index (χ3v) is 2.96. The van der Waals surface area contributed by atoms with Crippen LogP contribution in [-0.4, -0.2) is 50.6 Å². The first kappa shape index (κ1) is 12.5. The normalized spacial score (nSPS) is 25.6. The van der Waals surface area contributed by atoms with Crippen LogP contribution in [0.1, 0.15) is 31.5 Å². The molecule has 17 heavy (non-hydrogen) atoms. The van der Waals surface area contributed by atoms with Crippen molar-refractivity contribution in [1.82, 2.24) is 15.0 Å². The first-order chi connectivity index (χ1) is 8.19. The topological polar surface area (TPSA) is 82.6 Å². The quantitative estimate of drug-likeness (QED) is 0.752. The van der Waals surface area contributed by atoms with Gasteiger partial charge in [-0.3, -0.25) is 4.90 Å². The molecular weight excluding hydrogens is 222 g/mol. The molecule has 0 amide bonds. The molecule has 1 saturated heterocycles. The molecule has 0 bridgehead atoms. The number of rotatable bonds is 5. The Morgan fingerprint density at radius 3 is 2.71 bits per heavy atom.